The van der Waals surface area contributed by atoms with Crippen LogP contribution in [-0.4, -0.2) is 210 Å². The molecule has 2 atom stereocenters. The molecule has 9 amide bonds. The second-order valence-electron chi connectivity index (χ2n) is 33.9. The molecule has 138 heavy (non-hydrogen) atoms. The van der Waals surface area contributed by atoms with E-state index in [1.807, 2.05) is 6.92 Å². The van der Waals surface area contributed by atoms with Crippen molar-refractivity contribution in [3.8, 4) is 0 Å². The van der Waals surface area contributed by atoms with Crippen molar-refractivity contribution in [2.24, 2.45) is 0 Å². The molecular weight excluding hydrogens is 1880 g/mol. The maximum absolute atomic E-state index is 15.4. The topological polar surface area (TPSA) is 307 Å². The number of hydrogen-bond acceptors (Lipinski definition) is 17. The molecule has 6 N–H and O–H groups in total. The number of halogens is 15. The van der Waals surface area contributed by atoms with Crippen molar-refractivity contribution in [2.45, 2.75) is 121 Å². The number of aryl methyl sites for hydroxylation is 5. The molecule has 26 nitrogen and oxygen atoms in total. The summed E-state index contributed by atoms with van der Waals surface area (Å²) in [5.41, 5.74) is -2.97. The first-order valence-corrected chi connectivity index (χ1v) is 45.8. The van der Waals surface area contributed by atoms with Gasteiger partial charge in [-0.3, -0.25) is 43.4 Å². The van der Waals surface area contributed by atoms with Crippen LogP contribution in [0, 0.1) is 75.3 Å². The Morgan fingerprint density at radius 2 is 0.891 bits per heavy atom. The number of ether oxygens (including phenoxy) is 2. The van der Waals surface area contributed by atoms with Crippen molar-refractivity contribution in [1.82, 2.24) is 49.4 Å². The van der Waals surface area contributed by atoms with E-state index >= 15 is 35.1 Å². The summed E-state index contributed by atoms with van der Waals surface area (Å²) in [6, 6.07) is 23.0. The number of hydrogen-bond donors (Lipinski definition) is 6. The number of benzene rings is 7. The summed E-state index contributed by atoms with van der Waals surface area (Å²) in [4.78, 5) is 116. The standard InChI is InChI=1S/C26H29F4N3O2.C24H22F4N4O3.C23H23F4N3O5S.C22H19F3N4O2S/c1-17-15-20(4-6-23(17)27)31-25(34)19-3-5-24(28)22(16-19)26(29,30)18(2)32-9-7-21(8-10-32)33-11-13-35-14-12-33;1-13-11-16(4-6-18(13)25)30-20(33)15-3-5-19(26)17(12-15)24(27,28)21(34)32-9-7-23(8-10-32)14(2)29-22(35)31-23;1-13-7-15(4-6-19(13)24)28-21(31)14-3-5-20(25)18(8-14)23(26,27)22(32)30-16-9-29(36(2,33)34)10-17(30)12-35-11-16;1-12-9-15(3-4-16(12)23)28-20(30)14-5-7-26-19(10-14)22(24,25)21(31)29-8-6-17-18(11-29)32-13(2)27-17/h3-6,15-16,21H,2,7-14H2,1H3,(H,31,34);3-6,11-12H,2,7-10H2,1H3,(H,30,33)(H2,29,31,35);3-8,16-17H,9-12H2,1-2H3,(H,28,31);3-5,7,9-10H,6,8,11H2,1-2H3,(H,28,30). The highest BCUT2D eigenvalue weighted by molar-refractivity contribution is 7.88. The first kappa shape index (κ1) is 102. The molecule has 7 aliphatic heterocycles. The molecule has 6 saturated heterocycles. The summed E-state index contributed by atoms with van der Waals surface area (Å²) in [6.45, 7) is 18.2. The number of urea groups is 1. The van der Waals surface area contributed by atoms with Crippen molar-refractivity contribution < 1.29 is 122 Å². The number of piperidine rings is 2. The van der Waals surface area contributed by atoms with Gasteiger partial charge in [-0.05, 0) is 222 Å². The number of carbonyl (C=O) groups is 8. The van der Waals surface area contributed by atoms with Gasteiger partial charge in [0.1, 0.15) is 46.4 Å². The fraction of sp³-hybridized carbons (Fsp3) is 0.347. The minimum absolute atomic E-state index is 0.0688. The van der Waals surface area contributed by atoms with Gasteiger partial charge >= 0.3 is 29.7 Å². The van der Waals surface area contributed by atoms with Crippen molar-refractivity contribution in [3.05, 3.63) is 293 Å². The summed E-state index contributed by atoms with van der Waals surface area (Å²) in [6.07, 6.45) is 4.18. The number of alkyl halides is 8. The third kappa shape index (κ3) is 23.0. The SMILES string of the molecule is C=C(N1CCC(N2CCOCC2)CC1)C(F)(F)c1cc(C(=O)Nc2ccc(F)c(C)c2)ccc1F.C=C1NC(=O)NC12CCN(C(=O)C(F)(F)c1cc(C(=O)Nc3ccc(F)c(C)c3)ccc1F)CC2.Cc1cc(NC(=O)c2ccc(F)c(C(F)(F)C(=O)N3C4COCC3CN(S(C)(=O)=O)C4)c2)ccc1F.Cc1nc2c(s1)CN(C(=O)C(F)(F)c1cc(C(=O)Nc3ccc(F)c(C)c3)ccn1)CC2. The molecule has 9 heterocycles. The number of allylic oxidation sites excluding steroid dienone is 1. The number of sulfonamides is 1. The van der Waals surface area contributed by atoms with Crippen molar-refractivity contribution in [1.29, 1.82) is 0 Å². The Balaban J connectivity index is 0.000000155. The molecule has 732 valence electrons. The molecule has 2 unspecified atom stereocenters. The quantitative estimate of drug-likeness (QED) is 0.0410. The van der Waals surface area contributed by atoms with Gasteiger partial charge in [0, 0.05) is 133 Å². The number of piperazine rings is 1. The number of nitrogens with one attached hydrogen (secondary N) is 6. The zero-order valence-corrected chi connectivity index (χ0v) is 76.5. The lowest BCUT2D eigenvalue weighted by Crippen LogP contribution is -2.68. The number of anilines is 4. The second kappa shape index (κ2) is 41.7. The third-order valence-electron chi connectivity index (χ3n) is 24.4. The largest absolute Gasteiger partial charge is 0.379 e. The van der Waals surface area contributed by atoms with Crippen LogP contribution in [0.3, 0.4) is 0 Å². The van der Waals surface area contributed by atoms with Crippen LogP contribution in [0.25, 0.3) is 0 Å². The number of likely N-dealkylation sites (tertiary alicyclic amines) is 2. The fourth-order valence-corrected chi connectivity index (χ4v) is 18.6. The molecule has 7 aromatic carbocycles. The van der Waals surface area contributed by atoms with Crippen molar-refractivity contribution >= 4 is 91.5 Å². The first-order chi connectivity index (χ1) is 65.0. The minimum atomic E-state index is -4.35. The van der Waals surface area contributed by atoms with Gasteiger partial charge in [-0.15, -0.1) is 11.3 Å². The lowest BCUT2D eigenvalue weighted by Gasteiger charge is -2.49. The van der Waals surface area contributed by atoms with Crippen LogP contribution in [0.4, 0.5) is 93.4 Å². The lowest BCUT2D eigenvalue weighted by atomic mass is 9.85. The number of pyridine rings is 1. The molecule has 2 bridgehead atoms. The van der Waals surface area contributed by atoms with Crippen LogP contribution in [0.15, 0.2) is 170 Å². The van der Waals surface area contributed by atoms with E-state index in [0.717, 1.165) is 109 Å². The number of morpholine rings is 2. The van der Waals surface area contributed by atoms with E-state index in [2.05, 4.69) is 59.9 Å². The van der Waals surface area contributed by atoms with Gasteiger partial charge in [0.05, 0.1) is 89.9 Å². The van der Waals surface area contributed by atoms with Crippen molar-refractivity contribution in [3.63, 3.8) is 0 Å². The van der Waals surface area contributed by atoms with Gasteiger partial charge in [-0.25, -0.2) is 48.9 Å². The predicted octanol–water partition coefficient (Wildman–Crippen LogP) is 15.4. The highest BCUT2D eigenvalue weighted by Gasteiger charge is 2.55. The molecule has 1 spiro atoms. The fourth-order valence-electron chi connectivity index (χ4n) is 16.7. The molecule has 0 radical (unpaired) electrons. The Hall–Kier alpha value is -13.1. The number of rotatable bonds is 19. The van der Waals surface area contributed by atoms with E-state index in [1.165, 1.54) is 104 Å². The summed E-state index contributed by atoms with van der Waals surface area (Å²) in [5, 5.41) is 16.0. The van der Waals surface area contributed by atoms with Crippen LogP contribution < -0.4 is 31.9 Å². The van der Waals surface area contributed by atoms with E-state index in [9.17, 15) is 77.5 Å². The molecular formula is C95H93F15N14O12S2. The molecule has 7 aliphatic rings. The molecule has 0 saturated carbocycles. The van der Waals surface area contributed by atoms with Gasteiger partial charge in [-0.2, -0.15) is 39.4 Å². The number of nitrogens with zero attached hydrogens (tertiary/aromatic N) is 8. The van der Waals surface area contributed by atoms with Crippen LogP contribution in [0.1, 0.15) is 127 Å². The predicted molar refractivity (Wildman–Crippen MR) is 478 cm³/mol. The highest BCUT2D eigenvalue weighted by Crippen LogP contribution is 2.44. The van der Waals surface area contributed by atoms with E-state index < -0.39 is 168 Å². The summed E-state index contributed by atoms with van der Waals surface area (Å²) < 4.78 is 255. The van der Waals surface area contributed by atoms with E-state index in [-0.39, 0.29) is 110 Å². The van der Waals surface area contributed by atoms with Crippen LogP contribution in [0.2, 0.25) is 0 Å². The highest BCUT2D eigenvalue weighted by atomic mass is 32.2. The number of aromatic nitrogens is 2. The molecule has 6 fully saturated rings. The number of amides is 9. The second-order valence-corrected chi connectivity index (χ2v) is 37.2. The molecule has 9 aromatic rings. The van der Waals surface area contributed by atoms with Gasteiger partial charge in [0.2, 0.25) is 10.0 Å². The Morgan fingerprint density at radius 3 is 1.30 bits per heavy atom. The smallest absolute Gasteiger partial charge is 0.366 e. The minimum Gasteiger partial charge on any atom is -0.379 e. The zero-order chi connectivity index (χ0) is 100. The van der Waals surface area contributed by atoms with Gasteiger partial charge in [0.25, 0.3) is 41.4 Å². The van der Waals surface area contributed by atoms with E-state index in [1.54, 1.807) is 6.92 Å². The average Bonchev–Trinajstić information content (AvgIpc) is 0.999. The lowest BCUT2D eigenvalue weighted by molar-refractivity contribution is -0.178. The third-order valence-corrected chi connectivity index (χ3v) is 26.7. The Morgan fingerprint density at radius 1 is 0.486 bits per heavy atom. The Labute approximate surface area is 786 Å². The average molecular weight is 1970 g/mol. The normalized spacial score (nSPS) is 17.5. The maximum Gasteiger partial charge on any atom is 0.366 e. The zero-order valence-electron chi connectivity index (χ0n) is 74.9. The van der Waals surface area contributed by atoms with E-state index in [0.29, 0.717) is 104 Å². The molecule has 43 heteroatoms. The number of thiazole rings is 1. The Bertz CT molecular complexity index is 6360. The van der Waals surface area contributed by atoms with Crippen LogP contribution in [0.5, 0.6) is 0 Å². The molecule has 2 aromatic heterocycles. The van der Waals surface area contributed by atoms with E-state index in [4.69, 9.17) is 9.47 Å². The van der Waals surface area contributed by atoms with Crippen LogP contribution >= 0.6 is 11.3 Å². The van der Waals surface area contributed by atoms with Gasteiger partial charge in [0.15, 0.2) is 0 Å². The van der Waals surface area contributed by atoms with Crippen LogP contribution in [-0.2, 0) is 70.5 Å². The Kier molecular flexibility index (Phi) is 30.9. The molecule has 0 aliphatic carbocycles. The molecule has 16 rings (SSSR count). The summed E-state index contributed by atoms with van der Waals surface area (Å²) >= 11 is 1.38. The first-order valence-electron chi connectivity index (χ1n) is 43.2. The summed E-state index contributed by atoms with van der Waals surface area (Å²) in [7, 11) is -3.63. The number of fused-ring (bicyclic) bond motifs is 3. The number of carbonyl (C=O) groups excluding carboxylic acids is 8. The monoisotopic (exact) mass is 1970 g/mol. The van der Waals surface area contributed by atoms with Gasteiger partial charge in [-0.1, -0.05) is 13.2 Å². The van der Waals surface area contributed by atoms with Gasteiger partial charge < -0.3 is 61.0 Å². The summed E-state index contributed by atoms with van der Waals surface area (Å²) in [5.74, 6) is -29.6. The van der Waals surface area contributed by atoms with Crippen molar-refractivity contribution in [2.75, 3.05) is 113 Å². The maximum atomic E-state index is 15.4.